The summed E-state index contributed by atoms with van der Waals surface area (Å²) in [5, 5.41) is 11.2. The minimum Gasteiger partial charge on any atom is -0.378 e. The van der Waals surface area contributed by atoms with Crippen LogP contribution in [0.25, 0.3) is 0 Å². The van der Waals surface area contributed by atoms with E-state index in [0.29, 0.717) is 5.92 Å². The molecule has 0 radical (unpaired) electrons. The van der Waals surface area contributed by atoms with E-state index in [1.165, 1.54) is 28.1 Å². The van der Waals surface area contributed by atoms with E-state index in [-0.39, 0.29) is 5.41 Å². The Kier molecular flexibility index (Phi) is 5.79. The normalized spacial score (nSPS) is 26.8. The van der Waals surface area contributed by atoms with E-state index in [4.69, 9.17) is 0 Å². The maximum atomic E-state index is 11.2. The van der Waals surface area contributed by atoms with Crippen LogP contribution in [0.1, 0.15) is 49.3 Å². The Morgan fingerprint density at radius 1 is 1.03 bits per heavy atom. The lowest BCUT2D eigenvalue weighted by Gasteiger charge is -2.53. The highest BCUT2D eigenvalue weighted by Gasteiger charge is 2.52. The Hall–Kier alpha value is -2.44. The van der Waals surface area contributed by atoms with E-state index >= 15 is 0 Å². The molecule has 4 rings (SSSR count). The molecular formula is C28H36N2O. The number of benzene rings is 2. The SMILES string of the molecule is CC#CC1(O)CCC2(Cc3cccc(N(C)C)c3)c3c(cccc3N(C)C)CCC2C1. The quantitative estimate of drug-likeness (QED) is 0.726. The van der Waals surface area contributed by atoms with Gasteiger partial charge < -0.3 is 14.9 Å². The van der Waals surface area contributed by atoms with Gasteiger partial charge >= 0.3 is 0 Å². The van der Waals surface area contributed by atoms with E-state index in [2.05, 4.69) is 92.3 Å². The third kappa shape index (κ3) is 3.94. The average Bonchev–Trinajstić information content (AvgIpc) is 2.74. The van der Waals surface area contributed by atoms with Crippen LogP contribution >= 0.6 is 0 Å². The maximum absolute atomic E-state index is 11.2. The molecule has 3 nitrogen and oxygen atoms in total. The molecule has 31 heavy (non-hydrogen) atoms. The molecule has 0 bridgehead atoms. The summed E-state index contributed by atoms with van der Waals surface area (Å²) in [6.45, 7) is 1.84. The highest BCUT2D eigenvalue weighted by molar-refractivity contribution is 5.62. The van der Waals surface area contributed by atoms with Crippen LogP contribution < -0.4 is 9.80 Å². The van der Waals surface area contributed by atoms with Crippen molar-refractivity contribution in [2.45, 2.75) is 56.5 Å². The van der Waals surface area contributed by atoms with Crippen molar-refractivity contribution in [2.75, 3.05) is 38.0 Å². The van der Waals surface area contributed by atoms with Crippen LogP contribution in [-0.2, 0) is 18.3 Å². The molecule has 3 atom stereocenters. The third-order valence-corrected chi connectivity index (χ3v) is 7.53. The smallest absolute Gasteiger partial charge is 0.125 e. The number of aliphatic hydroxyl groups is 1. The number of aryl methyl sites for hydroxylation is 1. The Morgan fingerprint density at radius 2 is 1.81 bits per heavy atom. The maximum Gasteiger partial charge on any atom is 0.125 e. The second-order valence-electron chi connectivity index (χ2n) is 9.95. The predicted octanol–water partition coefficient (Wildman–Crippen LogP) is 4.80. The van der Waals surface area contributed by atoms with Gasteiger partial charge in [-0.15, -0.1) is 5.92 Å². The van der Waals surface area contributed by atoms with Crippen LogP contribution in [0.4, 0.5) is 11.4 Å². The first-order valence-corrected chi connectivity index (χ1v) is 11.5. The monoisotopic (exact) mass is 416 g/mol. The summed E-state index contributed by atoms with van der Waals surface area (Å²) < 4.78 is 0. The molecule has 164 valence electrons. The molecule has 0 aliphatic heterocycles. The van der Waals surface area contributed by atoms with Crippen molar-refractivity contribution in [3.63, 3.8) is 0 Å². The van der Waals surface area contributed by atoms with Gasteiger partial charge in [0.25, 0.3) is 0 Å². The lowest BCUT2D eigenvalue weighted by Crippen LogP contribution is -2.51. The summed E-state index contributed by atoms with van der Waals surface area (Å²) in [5.74, 6) is 6.56. The first-order valence-electron chi connectivity index (χ1n) is 11.5. The standard InChI is InChI=1S/C28H36N2O/c1-6-15-27(31)16-17-28(19-21-9-7-11-24(18-21)29(2)3)23(20-27)14-13-22-10-8-12-25(26(22)28)30(4)5/h7-12,18,23,31H,13-14,16-17,19-20H2,1-5H3. The van der Waals surface area contributed by atoms with Crippen molar-refractivity contribution in [2.24, 2.45) is 5.92 Å². The largest absolute Gasteiger partial charge is 0.378 e. The van der Waals surface area contributed by atoms with Gasteiger partial charge in [-0.1, -0.05) is 30.2 Å². The molecule has 0 amide bonds. The van der Waals surface area contributed by atoms with E-state index in [9.17, 15) is 5.11 Å². The molecular weight excluding hydrogens is 380 g/mol. The lowest BCUT2D eigenvalue weighted by atomic mass is 9.52. The molecule has 0 spiro atoms. The summed E-state index contributed by atoms with van der Waals surface area (Å²) in [7, 11) is 8.51. The van der Waals surface area contributed by atoms with Crippen molar-refractivity contribution in [1.82, 2.24) is 0 Å². The average molecular weight is 417 g/mol. The molecule has 0 aromatic heterocycles. The molecule has 3 unspecified atom stereocenters. The first kappa shape index (κ1) is 21.8. The minimum absolute atomic E-state index is 0.0288. The van der Waals surface area contributed by atoms with E-state index in [1.807, 2.05) is 6.92 Å². The van der Waals surface area contributed by atoms with Gasteiger partial charge in [-0.25, -0.2) is 0 Å². The van der Waals surface area contributed by atoms with Crippen molar-refractivity contribution in [3.8, 4) is 11.8 Å². The van der Waals surface area contributed by atoms with E-state index < -0.39 is 5.60 Å². The van der Waals surface area contributed by atoms with Gasteiger partial charge in [0.2, 0.25) is 0 Å². The van der Waals surface area contributed by atoms with Gasteiger partial charge in [0.15, 0.2) is 0 Å². The zero-order valence-corrected chi connectivity index (χ0v) is 19.7. The minimum atomic E-state index is -0.848. The van der Waals surface area contributed by atoms with Crippen LogP contribution in [0.2, 0.25) is 0 Å². The Bertz CT molecular complexity index is 1020. The summed E-state index contributed by atoms with van der Waals surface area (Å²) in [5.41, 5.74) is 6.13. The first-order chi connectivity index (χ1) is 14.8. The molecule has 1 fully saturated rings. The zero-order valence-electron chi connectivity index (χ0n) is 19.7. The van der Waals surface area contributed by atoms with Crippen molar-refractivity contribution in [3.05, 3.63) is 59.2 Å². The molecule has 0 heterocycles. The summed E-state index contributed by atoms with van der Waals surface area (Å²) >= 11 is 0. The fourth-order valence-electron chi connectivity index (χ4n) is 6.09. The second kappa shape index (κ2) is 8.24. The highest BCUT2D eigenvalue weighted by atomic mass is 16.3. The second-order valence-corrected chi connectivity index (χ2v) is 9.95. The summed E-state index contributed by atoms with van der Waals surface area (Å²) in [6, 6.07) is 15.8. The Balaban J connectivity index is 1.86. The molecule has 2 aromatic carbocycles. The Morgan fingerprint density at radius 3 is 2.52 bits per heavy atom. The van der Waals surface area contributed by atoms with Crippen molar-refractivity contribution >= 4 is 11.4 Å². The Labute approximate surface area is 188 Å². The molecule has 0 saturated heterocycles. The van der Waals surface area contributed by atoms with Gasteiger partial charge in [-0.05, 0) is 86.3 Å². The van der Waals surface area contributed by atoms with Crippen LogP contribution in [0, 0.1) is 17.8 Å². The van der Waals surface area contributed by atoms with Crippen LogP contribution in [0.5, 0.6) is 0 Å². The summed E-state index contributed by atoms with van der Waals surface area (Å²) in [4.78, 5) is 4.45. The predicted molar refractivity (Wildman–Crippen MR) is 131 cm³/mol. The topological polar surface area (TPSA) is 26.7 Å². The number of anilines is 2. The number of rotatable bonds is 4. The number of hydrogen-bond donors (Lipinski definition) is 1. The van der Waals surface area contributed by atoms with Crippen molar-refractivity contribution < 1.29 is 5.11 Å². The zero-order chi connectivity index (χ0) is 22.2. The summed E-state index contributed by atoms with van der Waals surface area (Å²) in [6.07, 6.45) is 5.67. The molecule has 3 heteroatoms. The van der Waals surface area contributed by atoms with E-state index in [0.717, 1.165) is 38.5 Å². The van der Waals surface area contributed by atoms with Gasteiger partial charge in [-0.2, -0.15) is 0 Å². The van der Waals surface area contributed by atoms with Gasteiger partial charge in [-0.3, -0.25) is 0 Å². The molecule has 2 aliphatic carbocycles. The van der Waals surface area contributed by atoms with Crippen LogP contribution in [-0.4, -0.2) is 38.9 Å². The highest BCUT2D eigenvalue weighted by Crippen LogP contribution is 2.56. The van der Waals surface area contributed by atoms with Crippen LogP contribution in [0.3, 0.4) is 0 Å². The number of nitrogens with zero attached hydrogens (tertiary/aromatic N) is 2. The molecule has 1 saturated carbocycles. The third-order valence-electron chi connectivity index (χ3n) is 7.53. The molecule has 2 aromatic rings. The molecule has 1 N–H and O–H groups in total. The lowest BCUT2D eigenvalue weighted by molar-refractivity contribution is -0.00784. The number of hydrogen-bond acceptors (Lipinski definition) is 3. The van der Waals surface area contributed by atoms with Gasteiger partial charge in [0.1, 0.15) is 5.60 Å². The number of fused-ring (bicyclic) bond motifs is 3. The molecule has 2 aliphatic rings. The van der Waals surface area contributed by atoms with Gasteiger partial charge in [0, 0.05) is 45.0 Å². The van der Waals surface area contributed by atoms with Crippen molar-refractivity contribution in [1.29, 1.82) is 0 Å². The van der Waals surface area contributed by atoms with E-state index in [1.54, 1.807) is 0 Å². The fraction of sp³-hybridized carbons (Fsp3) is 0.500. The fourth-order valence-corrected chi connectivity index (χ4v) is 6.09. The van der Waals surface area contributed by atoms with Crippen LogP contribution in [0.15, 0.2) is 42.5 Å². The van der Waals surface area contributed by atoms with Gasteiger partial charge in [0.05, 0.1) is 0 Å².